The third-order valence-electron chi connectivity index (χ3n) is 3.20. The minimum absolute atomic E-state index is 0.0240. The van der Waals surface area contributed by atoms with Crippen LogP contribution in [0.4, 0.5) is 0 Å². The van der Waals surface area contributed by atoms with Gasteiger partial charge in [-0.1, -0.05) is 0 Å². The zero-order chi connectivity index (χ0) is 15.0. The van der Waals surface area contributed by atoms with E-state index < -0.39 is 13.5 Å². The van der Waals surface area contributed by atoms with Crippen molar-refractivity contribution in [2.45, 2.75) is 6.92 Å². The predicted molar refractivity (Wildman–Crippen MR) is 73.9 cm³/mol. The number of esters is 1. The molecule has 0 aliphatic carbocycles. The standard InChI is InChI=1S/C12H24NO6P/c1-4-19-12(14)11(10-20(15,16-2)17-3)9-13-5-7-18-8-6-13/h11H,4-10H2,1-3H3. The molecule has 0 aromatic rings. The van der Waals surface area contributed by atoms with Gasteiger partial charge in [-0.25, -0.2) is 0 Å². The Morgan fingerprint density at radius 1 is 1.30 bits per heavy atom. The van der Waals surface area contributed by atoms with Gasteiger partial charge in [0, 0.05) is 33.9 Å². The van der Waals surface area contributed by atoms with Gasteiger partial charge in [0.25, 0.3) is 0 Å². The minimum atomic E-state index is -3.24. The maximum atomic E-state index is 12.2. The third kappa shape index (κ3) is 5.50. The second kappa shape index (κ2) is 8.74. The highest BCUT2D eigenvalue weighted by atomic mass is 31.2. The molecule has 0 N–H and O–H groups in total. The number of morpholine rings is 1. The Labute approximate surface area is 120 Å². The molecule has 1 atom stereocenters. The first kappa shape index (κ1) is 17.6. The number of ether oxygens (including phenoxy) is 2. The summed E-state index contributed by atoms with van der Waals surface area (Å²) in [4.78, 5) is 14.1. The summed E-state index contributed by atoms with van der Waals surface area (Å²) in [5, 5.41) is 0. The topological polar surface area (TPSA) is 74.3 Å². The van der Waals surface area contributed by atoms with Crippen LogP contribution in [0.2, 0.25) is 0 Å². The quantitative estimate of drug-likeness (QED) is 0.489. The second-order valence-corrected chi connectivity index (χ2v) is 6.84. The van der Waals surface area contributed by atoms with Crippen LogP contribution in [0.5, 0.6) is 0 Å². The van der Waals surface area contributed by atoms with Gasteiger partial charge in [0.1, 0.15) is 0 Å². The molecular weight excluding hydrogens is 285 g/mol. The number of hydrogen-bond donors (Lipinski definition) is 0. The fraction of sp³-hybridized carbons (Fsp3) is 0.917. The van der Waals surface area contributed by atoms with Crippen molar-refractivity contribution >= 4 is 13.6 Å². The average Bonchev–Trinajstić information content (AvgIpc) is 2.47. The van der Waals surface area contributed by atoms with Gasteiger partial charge >= 0.3 is 13.6 Å². The molecule has 0 aromatic heterocycles. The Kier molecular flexibility index (Phi) is 7.69. The largest absolute Gasteiger partial charge is 0.466 e. The first-order valence-electron chi connectivity index (χ1n) is 6.72. The van der Waals surface area contributed by atoms with Gasteiger partial charge in [-0.05, 0) is 6.92 Å². The van der Waals surface area contributed by atoms with Crippen molar-refractivity contribution in [1.29, 1.82) is 0 Å². The number of carbonyl (C=O) groups excluding carboxylic acids is 1. The SMILES string of the molecule is CCOC(=O)C(CN1CCOCC1)CP(=O)(OC)OC. The first-order chi connectivity index (χ1) is 9.54. The molecule has 1 aliphatic heterocycles. The highest BCUT2D eigenvalue weighted by Gasteiger charge is 2.33. The van der Waals surface area contributed by atoms with Crippen LogP contribution in [0.15, 0.2) is 0 Å². The summed E-state index contributed by atoms with van der Waals surface area (Å²) in [5.41, 5.74) is 0. The summed E-state index contributed by atoms with van der Waals surface area (Å²) in [7, 11) is -0.600. The third-order valence-corrected chi connectivity index (χ3v) is 5.20. The molecule has 8 heteroatoms. The molecule has 1 unspecified atom stereocenters. The van der Waals surface area contributed by atoms with Gasteiger partial charge in [0.15, 0.2) is 0 Å². The van der Waals surface area contributed by atoms with Crippen LogP contribution < -0.4 is 0 Å². The highest BCUT2D eigenvalue weighted by Crippen LogP contribution is 2.48. The van der Waals surface area contributed by atoms with E-state index >= 15 is 0 Å². The molecule has 1 fully saturated rings. The number of rotatable bonds is 8. The van der Waals surface area contributed by atoms with Crippen LogP contribution in [0.1, 0.15) is 6.92 Å². The van der Waals surface area contributed by atoms with Crippen molar-refractivity contribution in [2.24, 2.45) is 5.92 Å². The highest BCUT2D eigenvalue weighted by molar-refractivity contribution is 7.53. The molecular formula is C12H24NO6P. The second-order valence-electron chi connectivity index (χ2n) is 4.52. The maximum Gasteiger partial charge on any atom is 0.331 e. The monoisotopic (exact) mass is 309 g/mol. The van der Waals surface area contributed by atoms with Crippen molar-refractivity contribution in [3.05, 3.63) is 0 Å². The van der Waals surface area contributed by atoms with Crippen LogP contribution >= 0.6 is 7.60 Å². The summed E-state index contributed by atoms with van der Waals surface area (Å²) < 4.78 is 32.4. The predicted octanol–water partition coefficient (Wildman–Crippen LogP) is 0.984. The lowest BCUT2D eigenvalue weighted by Crippen LogP contribution is -2.42. The van der Waals surface area contributed by atoms with Crippen LogP contribution in [-0.4, -0.2) is 70.7 Å². The molecule has 0 radical (unpaired) electrons. The van der Waals surface area contributed by atoms with Gasteiger partial charge in [-0.15, -0.1) is 0 Å². The number of nitrogens with zero attached hydrogens (tertiary/aromatic N) is 1. The van der Waals surface area contributed by atoms with E-state index in [-0.39, 0.29) is 12.1 Å². The Morgan fingerprint density at radius 3 is 2.40 bits per heavy atom. The number of hydrogen-bond acceptors (Lipinski definition) is 7. The van der Waals surface area contributed by atoms with Crippen LogP contribution in [-0.2, 0) is 27.9 Å². The summed E-state index contributed by atoms with van der Waals surface area (Å²) >= 11 is 0. The van der Waals surface area contributed by atoms with Gasteiger partial charge < -0.3 is 18.5 Å². The molecule has 1 saturated heterocycles. The normalized spacial score (nSPS) is 18.8. The van der Waals surface area contributed by atoms with Gasteiger partial charge in [0.2, 0.25) is 0 Å². The minimum Gasteiger partial charge on any atom is -0.466 e. The van der Waals surface area contributed by atoms with Gasteiger partial charge in [-0.3, -0.25) is 14.3 Å². The Bertz CT molecular complexity index is 337. The molecule has 20 heavy (non-hydrogen) atoms. The molecule has 1 aliphatic rings. The molecule has 7 nitrogen and oxygen atoms in total. The molecule has 1 heterocycles. The molecule has 0 bridgehead atoms. The van der Waals surface area contributed by atoms with Crippen molar-refractivity contribution in [2.75, 3.05) is 59.8 Å². The molecule has 1 rings (SSSR count). The molecule has 0 amide bonds. The first-order valence-corrected chi connectivity index (χ1v) is 8.44. The zero-order valence-electron chi connectivity index (χ0n) is 12.4. The Balaban J connectivity index is 2.68. The van der Waals surface area contributed by atoms with Gasteiger partial charge in [0.05, 0.1) is 31.9 Å². The average molecular weight is 309 g/mol. The number of carbonyl (C=O) groups is 1. The molecule has 0 saturated carbocycles. The summed E-state index contributed by atoms with van der Waals surface area (Å²) in [5.74, 6) is -0.896. The van der Waals surface area contributed by atoms with E-state index in [1.165, 1.54) is 14.2 Å². The molecule has 0 aromatic carbocycles. The van der Waals surface area contributed by atoms with E-state index in [0.29, 0.717) is 26.4 Å². The van der Waals surface area contributed by atoms with Crippen molar-refractivity contribution in [1.82, 2.24) is 4.90 Å². The van der Waals surface area contributed by atoms with Crippen LogP contribution in [0.3, 0.4) is 0 Å². The van der Waals surface area contributed by atoms with Crippen molar-refractivity contribution in [3.63, 3.8) is 0 Å². The summed E-state index contributed by atoms with van der Waals surface area (Å²) in [6.07, 6.45) is 0.0240. The Morgan fingerprint density at radius 2 is 1.90 bits per heavy atom. The lowest BCUT2D eigenvalue weighted by molar-refractivity contribution is -0.148. The summed E-state index contributed by atoms with van der Waals surface area (Å²) in [6.45, 7) is 5.29. The smallest absolute Gasteiger partial charge is 0.331 e. The zero-order valence-corrected chi connectivity index (χ0v) is 13.3. The fourth-order valence-corrected chi connectivity index (χ4v) is 3.31. The van der Waals surface area contributed by atoms with Crippen LogP contribution in [0.25, 0.3) is 0 Å². The molecule has 0 spiro atoms. The van der Waals surface area contributed by atoms with E-state index in [1.54, 1.807) is 6.92 Å². The Hall–Kier alpha value is -0.460. The summed E-state index contributed by atoms with van der Waals surface area (Å²) in [6, 6.07) is 0. The van der Waals surface area contributed by atoms with E-state index in [1.807, 2.05) is 0 Å². The fourth-order valence-electron chi connectivity index (χ4n) is 2.06. The van der Waals surface area contributed by atoms with E-state index in [4.69, 9.17) is 18.5 Å². The van der Waals surface area contributed by atoms with Crippen molar-refractivity contribution in [3.8, 4) is 0 Å². The van der Waals surface area contributed by atoms with Gasteiger partial charge in [-0.2, -0.15) is 0 Å². The molecule has 118 valence electrons. The lowest BCUT2D eigenvalue weighted by Gasteiger charge is -2.30. The lowest BCUT2D eigenvalue weighted by atomic mass is 10.1. The van der Waals surface area contributed by atoms with Crippen molar-refractivity contribution < 1.29 is 27.9 Å². The van der Waals surface area contributed by atoms with E-state index in [0.717, 1.165) is 13.1 Å². The van der Waals surface area contributed by atoms with E-state index in [9.17, 15) is 9.36 Å². The van der Waals surface area contributed by atoms with E-state index in [2.05, 4.69) is 4.90 Å². The maximum absolute atomic E-state index is 12.2. The van der Waals surface area contributed by atoms with Crippen LogP contribution in [0, 0.1) is 5.92 Å².